The highest BCUT2D eigenvalue weighted by molar-refractivity contribution is 5.99. The number of carbonyl (C=O) groups excluding carboxylic acids is 2. The standard InChI is InChI=1S/C13H15NO5/c1-2-19-13(18)12(17)11(16)8-4-3-7-6-10(15)14-9(7)5-8/h3-5,11-12,16-17H,2,6H2,1H3,(H,14,15). The van der Waals surface area contributed by atoms with Crippen molar-refractivity contribution >= 4 is 17.6 Å². The number of benzene rings is 1. The van der Waals surface area contributed by atoms with Gasteiger partial charge < -0.3 is 20.3 Å². The van der Waals surface area contributed by atoms with Crippen molar-refractivity contribution in [3.05, 3.63) is 29.3 Å². The third kappa shape index (κ3) is 2.74. The van der Waals surface area contributed by atoms with Crippen molar-refractivity contribution in [2.24, 2.45) is 0 Å². The van der Waals surface area contributed by atoms with Gasteiger partial charge in [0.2, 0.25) is 5.91 Å². The van der Waals surface area contributed by atoms with Gasteiger partial charge in [-0.25, -0.2) is 4.79 Å². The number of esters is 1. The Morgan fingerprint density at radius 1 is 1.47 bits per heavy atom. The lowest BCUT2D eigenvalue weighted by molar-refractivity contribution is -0.159. The number of fused-ring (bicyclic) bond motifs is 1. The first kappa shape index (κ1) is 13.5. The molecule has 6 nitrogen and oxygen atoms in total. The van der Waals surface area contributed by atoms with Crippen LogP contribution in [-0.2, 0) is 20.7 Å². The van der Waals surface area contributed by atoms with Gasteiger partial charge in [0.1, 0.15) is 6.10 Å². The van der Waals surface area contributed by atoms with Crippen LogP contribution in [0.25, 0.3) is 0 Å². The topological polar surface area (TPSA) is 95.9 Å². The maximum Gasteiger partial charge on any atom is 0.338 e. The molecule has 2 rings (SSSR count). The first-order valence-corrected chi connectivity index (χ1v) is 5.98. The van der Waals surface area contributed by atoms with Crippen LogP contribution in [0.1, 0.15) is 24.2 Å². The molecule has 6 heteroatoms. The summed E-state index contributed by atoms with van der Waals surface area (Å²) in [6.07, 6.45) is -2.73. The van der Waals surface area contributed by atoms with E-state index in [1.54, 1.807) is 25.1 Å². The van der Waals surface area contributed by atoms with E-state index in [0.717, 1.165) is 5.56 Å². The summed E-state index contributed by atoms with van der Waals surface area (Å²) in [6, 6.07) is 4.81. The van der Waals surface area contributed by atoms with Gasteiger partial charge in [0.05, 0.1) is 13.0 Å². The summed E-state index contributed by atoms with van der Waals surface area (Å²) < 4.78 is 4.64. The zero-order valence-corrected chi connectivity index (χ0v) is 10.4. The van der Waals surface area contributed by atoms with Crippen LogP contribution in [0.4, 0.5) is 5.69 Å². The van der Waals surface area contributed by atoms with Gasteiger partial charge in [-0.3, -0.25) is 4.79 Å². The van der Waals surface area contributed by atoms with Crippen molar-refractivity contribution in [3.8, 4) is 0 Å². The molecule has 0 saturated carbocycles. The van der Waals surface area contributed by atoms with E-state index in [4.69, 9.17) is 0 Å². The lowest BCUT2D eigenvalue weighted by atomic mass is 10.0. The SMILES string of the molecule is CCOC(=O)C(O)C(O)c1ccc2c(c1)NC(=O)C2. The quantitative estimate of drug-likeness (QED) is 0.673. The summed E-state index contributed by atoms with van der Waals surface area (Å²) in [5, 5.41) is 22.2. The number of aliphatic hydroxyl groups excluding tert-OH is 2. The molecule has 0 spiro atoms. The minimum Gasteiger partial charge on any atom is -0.464 e. The van der Waals surface area contributed by atoms with Crippen molar-refractivity contribution in [1.29, 1.82) is 0 Å². The summed E-state index contributed by atoms with van der Waals surface area (Å²) >= 11 is 0. The van der Waals surface area contributed by atoms with Crippen LogP contribution in [0.15, 0.2) is 18.2 Å². The summed E-state index contributed by atoms with van der Waals surface area (Å²) in [5.74, 6) is -0.993. The molecule has 0 aliphatic carbocycles. The summed E-state index contributed by atoms with van der Waals surface area (Å²) in [4.78, 5) is 22.6. The summed E-state index contributed by atoms with van der Waals surface area (Å²) in [5.41, 5.74) is 1.77. The molecule has 0 aromatic heterocycles. The number of rotatable bonds is 4. The minimum absolute atomic E-state index is 0.118. The molecule has 2 atom stereocenters. The van der Waals surface area contributed by atoms with Gasteiger partial charge in [0.25, 0.3) is 0 Å². The van der Waals surface area contributed by atoms with Crippen molar-refractivity contribution < 1.29 is 24.5 Å². The molecule has 0 fully saturated rings. The van der Waals surface area contributed by atoms with E-state index >= 15 is 0 Å². The molecule has 102 valence electrons. The van der Waals surface area contributed by atoms with E-state index in [1.165, 1.54) is 0 Å². The third-order valence-electron chi connectivity index (χ3n) is 2.93. The molecule has 2 unspecified atom stereocenters. The number of amides is 1. The predicted molar refractivity (Wildman–Crippen MR) is 66.4 cm³/mol. The summed E-state index contributed by atoms with van der Waals surface area (Å²) in [7, 11) is 0. The molecule has 1 aromatic rings. The third-order valence-corrected chi connectivity index (χ3v) is 2.93. The van der Waals surface area contributed by atoms with Crippen molar-refractivity contribution in [1.82, 2.24) is 0 Å². The fourth-order valence-electron chi connectivity index (χ4n) is 1.95. The maximum atomic E-state index is 11.3. The highest BCUT2D eigenvalue weighted by Crippen LogP contribution is 2.28. The average molecular weight is 265 g/mol. The van der Waals surface area contributed by atoms with Gasteiger partial charge in [-0.05, 0) is 24.1 Å². The monoisotopic (exact) mass is 265 g/mol. The molecule has 1 amide bonds. The van der Waals surface area contributed by atoms with Crippen LogP contribution in [0.2, 0.25) is 0 Å². The number of anilines is 1. The van der Waals surface area contributed by atoms with E-state index < -0.39 is 18.2 Å². The molecule has 19 heavy (non-hydrogen) atoms. The van der Waals surface area contributed by atoms with Crippen LogP contribution < -0.4 is 5.32 Å². The number of aliphatic hydroxyl groups is 2. The fourth-order valence-corrected chi connectivity index (χ4v) is 1.95. The molecule has 0 radical (unpaired) electrons. The molecule has 0 bridgehead atoms. The number of carbonyl (C=O) groups is 2. The zero-order chi connectivity index (χ0) is 14.0. The molecule has 3 N–H and O–H groups in total. The van der Waals surface area contributed by atoms with E-state index in [1.807, 2.05) is 0 Å². The van der Waals surface area contributed by atoms with Crippen LogP contribution in [0.5, 0.6) is 0 Å². The van der Waals surface area contributed by atoms with Gasteiger partial charge in [-0.15, -0.1) is 0 Å². The average Bonchev–Trinajstić information content (AvgIpc) is 2.76. The maximum absolute atomic E-state index is 11.3. The highest BCUT2D eigenvalue weighted by Gasteiger charge is 2.28. The van der Waals surface area contributed by atoms with Gasteiger partial charge in [0.15, 0.2) is 6.10 Å². The molecule has 1 aliphatic rings. The second kappa shape index (κ2) is 5.38. The van der Waals surface area contributed by atoms with Crippen molar-refractivity contribution in [2.75, 3.05) is 11.9 Å². The van der Waals surface area contributed by atoms with E-state index in [-0.39, 0.29) is 12.5 Å². The molecular formula is C13H15NO5. The number of hydrogen-bond acceptors (Lipinski definition) is 5. The zero-order valence-electron chi connectivity index (χ0n) is 10.4. The van der Waals surface area contributed by atoms with E-state index in [9.17, 15) is 19.8 Å². The van der Waals surface area contributed by atoms with Gasteiger partial charge in [0, 0.05) is 5.69 Å². The predicted octanol–water partition coefficient (Wildman–Crippen LogP) is 0.139. The number of nitrogens with one attached hydrogen (secondary N) is 1. The van der Waals surface area contributed by atoms with Crippen LogP contribution >= 0.6 is 0 Å². The van der Waals surface area contributed by atoms with Gasteiger partial charge >= 0.3 is 5.97 Å². The second-order valence-corrected chi connectivity index (χ2v) is 4.28. The Morgan fingerprint density at radius 2 is 2.21 bits per heavy atom. The highest BCUT2D eigenvalue weighted by atomic mass is 16.5. The Morgan fingerprint density at radius 3 is 2.89 bits per heavy atom. The Labute approximate surface area is 110 Å². The molecule has 1 aromatic carbocycles. The van der Waals surface area contributed by atoms with E-state index in [0.29, 0.717) is 17.7 Å². The molecule has 0 saturated heterocycles. The first-order valence-electron chi connectivity index (χ1n) is 5.98. The van der Waals surface area contributed by atoms with Crippen molar-refractivity contribution in [3.63, 3.8) is 0 Å². The van der Waals surface area contributed by atoms with E-state index in [2.05, 4.69) is 10.1 Å². The molecular weight excluding hydrogens is 250 g/mol. The smallest absolute Gasteiger partial charge is 0.338 e. The van der Waals surface area contributed by atoms with Gasteiger partial charge in [-0.1, -0.05) is 12.1 Å². The summed E-state index contributed by atoms with van der Waals surface area (Å²) in [6.45, 7) is 1.74. The largest absolute Gasteiger partial charge is 0.464 e. The lowest BCUT2D eigenvalue weighted by Gasteiger charge is -2.17. The van der Waals surface area contributed by atoms with Crippen molar-refractivity contribution in [2.45, 2.75) is 25.6 Å². The fraction of sp³-hybridized carbons (Fsp3) is 0.385. The van der Waals surface area contributed by atoms with Crippen LogP contribution in [0.3, 0.4) is 0 Å². The minimum atomic E-state index is -1.64. The Balaban J connectivity index is 2.16. The number of ether oxygens (including phenoxy) is 1. The Hall–Kier alpha value is -1.92. The molecule has 1 aliphatic heterocycles. The Kier molecular flexibility index (Phi) is 3.82. The second-order valence-electron chi connectivity index (χ2n) is 4.28. The van der Waals surface area contributed by atoms with Crippen LogP contribution in [-0.4, -0.2) is 34.8 Å². The van der Waals surface area contributed by atoms with Crippen LogP contribution in [0, 0.1) is 0 Å². The first-order chi connectivity index (χ1) is 9.02. The molecule has 1 heterocycles. The van der Waals surface area contributed by atoms with Gasteiger partial charge in [-0.2, -0.15) is 0 Å². The Bertz CT molecular complexity index is 514. The number of hydrogen-bond donors (Lipinski definition) is 3. The lowest BCUT2D eigenvalue weighted by Crippen LogP contribution is -2.29. The normalized spacial score (nSPS) is 16.5.